The highest BCUT2D eigenvalue weighted by Gasteiger charge is 2.45. The summed E-state index contributed by atoms with van der Waals surface area (Å²) in [5.41, 5.74) is 1.32. The summed E-state index contributed by atoms with van der Waals surface area (Å²) in [4.78, 5) is 27.5. The molecule has 3 nitrogen and oxygen atoms in total. The van der Waals surface area contributed by atoms with Gasteiger partial charge in [0.25, 0.3) is 0 Å². The summed E-state index contributed by atoms with van der Waals surface area (Å²) in [7, 11) is 0. The molecule has 1 aromatic carbocycles. The molecule has 2 bridgehead atoms. The summed E-state index contributed by atoms with van der Waals surface area (Å²) < 4.78 is 0. The molecule has 3 aliphatic rings. The van der Waals surface area contributed by atoms with Crippen LogP contribution in [0.4, 0.5) is 0 Å². The molecule has 0 N–H and O–H groups in total. The van der Waals surface area contributed by atoms with Crippen LogP contribution in [0, 0.1) is 17.8 Å². The van der Waals surface area contributed by atoms with Gasteiger partial charge in [0.15, 0.2) is 0 Å². The van der Waals surface area contributed by atoms with E-state index in [4.69, 9.17) is 0 Å². The second kappa shape index (κ2) is 6.70. The van der Waals surface area contributed by atoms with E-state index in [-0.39, 0.29) is 17.8 Å². The number of carbonyl (C=O) groups is 2. The topological polar surface area (TPSA) is 37.4 Å². The Morgan fingerprint density at radius 2 is 1.71 bits per heavy atom. The third-order valence-corrected chi connectivity index (χ3v) is 6.38. The van der Waals surface area contributed by atoms with Gasteiger partial charge in [0.2, 0.25) is 5.91 Å². The maximum absolute atomic E-state index is 13.2. The summed E-state index contributed by atoms with van der Waals surface area (Å²) in [5.74, 6) is 1.22. The smallest absolute Gasteiger partial charge is 0.225 e. The standard InChI is InChI=1S/C21H27NO2/c23-20-16-9-10-17(20)14-18(13-16)21(24)22-11-5-4-8-19(22)12-15-6-2-1-3-7-15/h1-3,6-7,16-19H,4-5,8-14H2. The van der Waals surface area contributed by atoms with Crippen molar-refractivity contribution in [2.75, 3.05) is 6.54 Å². The van der Waals surface area contributed by atoms with Gasteiger partial charge in [-0.2, -0.15) is 0 Å². The first-order valence-electron chi connectivity index (χ1n) is 9.60. The molecule has 1 aliphatic heterocycles. The highest BCUT2D eigenvalue weighted by atomic mass is 16.2. The third-order valence-electron chi connectivity index (χ3n) is 6.38. The lowest BCUT2D eigenvalue weighted by molar-refractivity contribution is -0.142. The van der Waals surface area contributed by atoms with E-state index in [1.165, 1.54) is 12.0 Å². The van der Waals surface area contributed by atoms with Crippen LogP contribution < -0.4 is 0 Å². The van der Waals surface area contributed by atoms with E-state index in [1.54, 1.807) is 0 Å². The number of hydrogen-bond acceptors (Lipinski definition) is 2. The van der Waals surface area contributed by atoms with Crippen molar-refractivity contribution in [3.05, 3.63) is 35.9 Å². The van der Waals surface area contributed by atoms with Gasteiger partial charge in [-0.15, -0.1) is 0 Å². The number of piperidine rings is 1. The van der Waals surface area contributed by atoms with Gasteiger partial charge in [0.05, 0.1) is 0 Å². The van der Waals surface area contributed by atoms with E-state index in [1.807, 2.05) is 6.07 Å². The molecule has 2 aliphatic carbocycles. The fraction of sp³-hybridized carbons (Fsp3) is 0.619. The van der Waals surface area contributed by atoms with Gasteiger partial charge in [-0.3, -0.25) is 9.59 Å². The van der Waals surface area contributed by atoms with Crippen LogP contribution in [0.3, 0.4) is 0 Å². The zero-order valence-electron chi connectivity index (χ0n) is 14.3. The van der Waals surface area contributed by atoms with Crippen molar-refractivity contribution in [2.24, 2.45) is 17.8 Å². The van der Waals surface area contributed by atoms with Gasteiger partial charge in [0, 0.05) is 30.3 Å². The lowest BCUT2D eigenvalue weighted by atomic mass is 9.78. The Kier molecular flexibility index (Phi) is 4.43. The van der Waals surface area contributed by atoms with Crippen LogP contribution in [-0.2, 0) is 16.0 Å². The van der Waals surface area contributed by atoms with E-state index < -0.39 is 0 Å². The SMILES string of the molecule is O=C1C2CCC1CC(C(=O)N1CCCCC1Cc1ccccc1)C2. The van der Waals surface area contributed by atoms with E-state index in [9.17, 15) is 9.59 Å². The summed E-state index contributed by atoms with van der Waals surface area (Å²) in [5, 5.41) is 0. The summed E-state index contributed by atoms with van der Waals surface area (Å²) >= 11 is 0. The first-order chi connectivity index (χ1) is 11.7. The minimum absolute atomic E-state index is 0.0940. The Morgan fingerprint density at radius 1 is 1.00 bits per heavy atom. The second-order valence-corrected chi connectivity index (χ2v) is 7.91. The first kappa shape index (κ1) is 15.9. The third kappa shape index (κ3) is 3.01. The molecular weight excluding hydrogens is 298 g/mol. The molecule has 1 heterocycles. The van der Waals surface area contributed by atoms with E-state index in [0.717, 1.165) is 51.5 Å². The van der Waals surface area contributed by atoms with Crippen molar-refractivity contribution in [3.8, 4) is 0 Å². The lowest BCUT2D eigenvalue weighted by Gasteiger charge is -2.39. The average molecular weight is 325 g/mol. The molecule has 3 heteroatoms. The molecule has 3 atom stereocenters. The molecule has 24 heavy (non-hydrogen) atoms. The van der Waals surface area contributed by atoms with E-state index in [2.05, 4.69) is 29.2 Å². The number of likely N-dealkylation sites (tertiary alicyclic amines) is 1. The highest BCUT2D eigenvalue weighted by Crippen LogP contribution is 2.43. The zero-order chi connectivity index (χ0) is 16.5. The minimum atomic E-state index is 0.0940. The van der Waals surface area contributed by atoms with Crippen LogP contribution in [-0.4, -0.2) is 29.2 Å². The van der Waals surface area contributed by atoms with Crippen molar-refractivity contribution < 1.29 is 9.59 Å². The van der Waals surface area contributed by atoms with Crippen LogP contribution in [0.5, 0.6) is 0 Å². The molecule has 4 rings (SSSR count). The summed E-state index contributed by atoms with van der Waals surface area (Å²) in [6.45, 7) is 0.899. The first-order valence-corrected chi connectivity index (χ1v) is 9.60. The maximum Gasteiger partial charge on any atom is 0.225 e. The predicted molar refractivity (Wildman–Crippen MR) is 93.4 cm³/mol. The molecule has 2 saturated carbocycles. The van der Waals surface area contributed by atoms with Gasteiger partial charge >= 0.3 is 0 Å². The number of Topliss-reactive ketones (excluding diaryl/α,β-unsaturated/α-hetero) is 1. The van der Waals surface area contributed by atoms with Gasteiger partial charge in [-0.25, -0.2) is 0 Å². The van der Waals surface area contributed by atoms with Crippen LogP contribution in [0.2, 0.25) is 0 Å². The Hall–Kier alpha value is -1.64. The molecule has 3 unspecified atom stereocenters. The summed E-state index contributed by atoms with van der Waals surface area (Å²) in [6, 6.07) is 10.9. The number of rotatable bonds is 3. The fourth-order valence-corrected chi connectivity index (χ4v) is 5.10. The zero-order valence-corrected chi connectivity index (χ0v) is 14.3. The number of nitrogens with zero attached hydrogens (tertiary/aromatic N) is 1. The van der Waals surface area contributed by atoms with Crippen molar-refractivity contribution in [2.45, 2.75) is 57.4 Å². The minimum Gasteiger partial charge on any atom is -0.339 e. The normalized spacial score (nSPS) is 32.8. The number of benzene rings is 1. The molecular formula is C21H27NO2. The van der Waals surface area contributed by atoms with E-state index >= 15 is 0 Å². The van der Waals surface area contributed by atoms with Gasteiger partial charge < -0.3 is 4.90 Å². The van der Waals surface area contributed by atoms with Crippen LogP contribution in [0.1, 0.15) is 50.5 Å². The Bertz CT molecular complexity index is 596. The van der Waals surface area contributed by atoms with Crippen molar-refractivity contribution in [3.63, 3.8) is 0 Å². The van der Waals surface area contributed by atoms with Crippen molar-refractivity contribution >= 4 is 11.7 Å². The Morgan fingerprint density at radius 3 is 2.42 bits per heavy atom. The lowest BCUT2D eigenvalue weighted by Crippen LogP contribution is -2.49. The second-order valence-electron chi connectivity index (χ2n) is 7.91. The molecule has 0 spiro atoms. The molecule has 1 aromatic rings. The molecule has 3 fully saturated rings. The molecule has 1 amide bonds. The average Bonchev–Trinajstić information content (AvgIpc) is 2.83. The van der Waals surface area contributed by atoms with Gasteiger partial charge in [-0.1, -0.05) is 30.3 Å². The molecule has 128 valence electrons. The largest absolute Gasteiger partial charge is 0.339 e. The van der Waals surface area contributed by atoms with Crippen molar-refractivity contribution in [1.29, 1.82) is 0 Å². The van der Waals surface area contributed by atoms with Crippen molar-refractivity contribution in [1.82, 2.24) is 4.90 Å². The van der Waals surface area contributed by atoms with Crippen LogP contribution in [0.25, 0.3) is 0 Å². The van der Waals surface area contributed by atoms with Crippen LogP contribution >= 0.6 is 0 Å². The van der Waals surface area contributed by atoms with Gasteiger partial charge in [-0.05, 0) is 56.9 Å². The summed E-state index contributed by atoms with van der Waals surface area (Å²) in [6.07, 6.45) is 8.06. The van der Waals surface area contributed by atoms with Gasteiger partial charge in [0.1, 0.15) is 5.78 Å². The number of hydrogen-bond donors (Lipinski definition) is 0. The number of carbonyl (C=O) groups excluding carboxylic acids is 2. The quantitative estimate of drug-likeness (QED) is 0.851. The number of amides is 1. The molecule has 0 radical (unpaired) electrons. The number of ketones is 1. The highest BCUT2D eigenvalue weighted by molar-refractivity contribution is 5.89. The molecule has 1 saturated heterocycles. The monoisotopic (exact) mass is 325 g/mol. The Labute approximate surface area is 144 Å². The molecule has 0 aromatic heterocycles. The van der Waals surface area contributed by atoms with E-state index in [0.29, 0.717) is 17.7 Å². The fourth-order valence-electron chi connectivity index (χ4n) is 5.10. The number of fused-ring (bicyclic) bond motifs is 2. The predicted octanol–water partition coefficient (Wildman–Crippen LogP) is 3.62. The van der Waals surface area contributed by atoms with Crippen LogP contribution in [0.15, 0.2) is 30.3 Å². The maximum atomic E-state index is 13.2. The Balaban J connectivity index is 1.46.